The van der Waals surface area contributed by atoms with Crippen LogP contribution in [0.25, 0.3) is 0 Å². The van der Waals surface area contributed by atoms with Gasteiger partial charge in [0.25, 0.3) is 0 Å². The highest BCUT2D eigenvalue weighted by Gasteiger charge is 2.06. The first-order valence-electron chi connectivity index (χ1n) is 2.66. The number of hydrogen-bond donors (Lipinski definition) is 2. The van der Waals surface area contributed by atoms with E-state index in [-0.39, 0.29) is 5.56 Å². The van der Waals surface area contributed by atoms with Gasteiger partial charge in [-0.2, -0.15) is 0 Å². The molecule has 0 radical (unpaired) electrons. The largest absolute Gasteiger partial charge is 0.502 e. The third kappa shape index (κ3) is 1.37. The first-order valence-corrected chi connectivity index (χ1v) is 2.66. The van der Waals surface area contributed by atoms with Crippen LogP contribution in [0, 0.1) is 0 Å². The second kappa shape index (κ2) is 2.45. The van der Waals surface area contributed by atoms with Crippen LogP contribution in [-0.2, 0) is 0 Å². The van der Waals surface area contributed by atoms with E-state index in [1.165, 1.54) is 0 Å². The van der Waals surface area contributed by atoms with Gasteiger partial charge < -0.3 is 14.6 Å². The minimum atomic E-state index is -1.26. The summed E-state index contributed by atoms with van der Waals surface area (Å²) in [7, 11) is 0. The van der Waals surface area contributed by atoms with Crippen molar-refractivity contribution in [3.05, 3.63) is 28.3 Å². The lowest BCUT2D eigenvalue weighted by Gasteiger charge is -1.91. The molecule has 58 valence electrons. The summed E-state index contributed by atoms with van der Waals surface area (Å²) >= 11 is 0. The molecular formula is C6H4O5. The van der Waals surface area contributed by atoms with Crippen molar-refractivity contribution in [1.29, 1.82) is 0 Å². The maximum atomic E-state index is 10.4. The molecule has 0 fully saturated rings. The van der Waals surface area contributed by atoms with E-state index in [2.05, 4.69) is 4.42 Å². The van der Waals surface area contributed by atoms with Gasteiger partial charge in [0.2, 0.25) is 5.75 Å². The van der Waals surface area contributed by atoms with Gasteiger partial charge in [0, 0.05) is 6.07 Å². The Morgan fingerprint density at radius 1 is 1.55 bits per heavy atom. The number of carboxylic acid groups (broad SMARTS) is 1. The summed E-state index contributed by atoms with van der Waals surface area (Å²) in [5, 5.41) is 17.0. The zero-order chi connectivity index (χ0) is 8.43. The maximum absolute atomic E-state index is 10.4. The van der Waals surface area contributed by atoms with Crippen LogP contribution in [0.4, 0.5) is 0 Å². The van der Waals surface area contributed by atoms with E-state index in [0.29, 0.717) is 0 Å². The Hall–Kier alpha value is -1.78. The second-order valence-electron chi connectivity index (χ2n) is 1.81. The molecule has 5 heteroatoms. The fourth-order valence-corrected chi connectivity index (χ4v) is 0.530. The van der Waals surface area contributed by atoms with Crippen molar-refractivity contribution in [2.45, 2.75) is 0 Å². The van der Waals surface area contributed by atoms with Crippen molar-refractivity contribution in [1.82, 2.24) is 0 Å². The van der Waals surface area contributed by atoms with Crippen LogP contribution in [0.2, 0.25) is 0 Å². The number of carbonyl (C=O) groups is 1. The van der Waals surface area contributed by atoms with Gasteiger partial charge in [-0.3, -0.25) is 0 Å². The Balaban J connectivity index is 3.26. The van der Waals surface area contributed by atoms with Crippen LogP contribution in [0.5, 0.6) is 5.75 Å². The number of hydrogen-bond acceptors (Lipinski definition) is 4. The SMILES string of the molecule is O=C(O)c1coc(=O)c(O)c1. The molecule has 5 nitrogen and oxygen atoms in total. The van der Waals surface area contributed by atoms with Crippen LogP contribution in [0.3, 0.4) is 0 Å². The average molecular weight is 156 g/mol. The molecule has 2 N–H and O–H groups in total. The molecule has 1 rings (SSSR count). The van der Waals surface area contributed by atoms with Crippen molar-refractivity contribution in [2.75, 3.05) is 0 Å². The smallest absolute Gasteiger partial charge is 0.378 e. The number of carboxylic acids is 1. The van der Waals surface area contributed by atoms with Gasteiger partial charge in [0.15, 0.2) is 0 Å². The fourth-order valence-electron chi connectivity index (χ4n) is 0.530. The van der Waals surface area contributed by atoms with E-state index < -0.39 is 17.3 Å². The van der Waals surface area contributed by atoms with Crippen LogP contribution >= 0.6 is 0 Å². The van der Waals surface area contributed by atoms with Crippen LogP contribution in [0.1, 0.15) is 10.4 Å². The molecule has 0 aliphatic rings. The monoisotopic (exact) mass is 156 g/mol. The quantitative estimate of drug-likeness (QED) is 0.599. The highest BCUT2D eigenvalue weighted by molar-refractivity contribution is 5.87. The number of aromatic carboxylic acids is 1. The molecule has 1 heterocycles. The molecule has 0 aliphatic carbocycles. The van der Waals surface area contributed by atoms with Gasteiger partial charge in [-0.15, -0.1) is 0 Å². The third-order valence-electron chi connectivity index (χ3n) is 1.04. The Morgan fingerprint density at radius 3 is 2.64 bits per heavy atom. The predicted molar refractivity (Wildman–Crippen MR) is 33.6 cm³/mol. The van der Waals surface area contributed by atoms with Gasteiger partial charge in [-0.05, 0) is 0 Å². The molecule has 0 bridgehead atoms. The first-order chi connectivity index (χ1) is 5.11. The number of rotatable bonds is 1. The minimum Gasteiger partial charge on any atom is -0.502 e. The molecular weight excluding hydrogens is 152 g/mol. The summed E-state index contributed by atoms with van der Waals surface area (Å²) in [4.78, 5) is 20.6. The molecule has 1 aromatic rings. The zero-order valence-corrected chi connectivity index (χ0v) is 5.27. The Labute approximate surface area is 60.5 Å². The van der Waals surface area contributed by atoms with Crippen LogP contribution < -0.4 is 5.63 Å². The Kier molecular flexibility index (Phi) is 1.63. The van der Waals surface area contributed by atoms with Gasteiger partial charge in [-0.25, -0.2) is 9.59 Å². The van der Waals surface area contributed by atoms with E-state index in [4.69, 9.17) is 10.2 Å². The Morgan fingerprint density at radius 2 is 2.18 bits per heavy atom. The molecule has 0 saturated heterocycles. The lowest BCUT2D eigenvalue weighted by molar-refractivity contribution is 0.0693. The summed E-state index contributed by atoms with van der Waals surface area (Å²) < 4.78 is 4.16. The summed E-state index contributed by atoms with van der Waals surface area (Å²) in [6.45, 7) is 0. The molecule has 0 aliphatic heterocycles. The van der Waals surface area contributed by atoms with Gasteiger partial charge in [0.05, 0.1) is 5.56 Å². The van der Waals surface area contributed by atoms with E-state index in [9.17, 15) is 9.59 Å². The molecule has 0 atom stereocenters. The second-order valence-corrected chi connectivity index (χ2v) is 1.81. The molecule has 0 spiro atoms. The van der Waals surface area contributed by atoms with Crippen molar-refractivity contribution in [2.24, 2.45) is 0 Å². The normalized spacial score (nSPS) is 9.45. The van der Waals surface area contributed by atoms with E-state index in [1.807, 2.05) is 0 Å². The van der Waals surface area contributed by atoms with Crippen LogP contribution in [0.15, 0.2) is 21.5 Å². The maximum Gasteiger partial charge on any atom is 0.378 e. The van der Waals surface area contributed by atoms with E-state index >= 15 is 0 Å². The topological polar surface area (TPSA) is 87.7 Å². The van der Waals surface area contributed by atoms with Crippen LogP contribution in [-0.4, -0.2) is 16.2 Å². The molecule has 0 saturated carbocycles. The van der Waals surface area contributed by atoms with Crippen molar-refractivity contribution in [3.8, 4) is 5.75 Å². The molecule has 0 unspecified atom stereocenters. The lowest BCUT2D eigenvalue weighted by Crippen LogP contribution is -2.02. The molecule has 1 aromatic heterocycles. The average Bonchev–Trinajstić information content (AvgIpc) is 1.94. The summed E-state index contributed by atoms with van der Waals surface area (Å²) in [5.74, 6) is -1.96. The van der Waals surface area contributed by atoms with Gasteiger partial charge in [0.1, 0.15) is 6.26 Å². The van der Waals surface area contributed by atoms with Gasteiger partial charge in [-0.1, -0.05) is 0 Å². The summed E-state index contributed by atoms with van der Waals surface area (Å²) in [5.41, 5.74) is -1.21. The highest BCUT2D eigenvalue weighted by atomic mass is 16.4. The first kappa shape index (κ1) is 7.33. The summed E-state index contributed by atoms with van der Waals surface area (Å²) in [6, 6.07) is 0.828. The van der Waals surface area contributed by atoms with Crippen molar-refractivity contribution < 1.29 is 19.4 Å². The fraction of sp³-hybridized carbons (Fsp3) is 0. The zero-order valence-electron chi connectivity index (χ0n) is 5.27. The van der Waals surface area contributed by atoms with E-state index in [1.54, 1.807) is 0 Å². The number of aromatic hydroxyl groups is 1. The predicted octanol–water partition coefficient (Wildman–Crippen LogP) is 0.0436. The third-order valence-corrected chi connectivity index (χ3v) is 1.04. The molecule has 11 heavy (non-hydrogen) atoms. The van der Waals surface area contributed by atoms with Crippen molar-refractivity contribution in [3.63, 3.8) is 0 Å². The van der Waals surface area contributed by atoms with Gasteiger partial charge >= 0.3 is 11.6 Å². The van der Waals surface area contributed by atoms with Crippen molar-refractivity contribution >= 4 is 5.97 Å². The van der Waals surface area contributed by atoms with E-state index in [0.717, 1.165) is 12.3 Å². The lowest BCUT2D eigenvalue weighted by atomic mass is 10.3. The highest BCUT2D eigenvalue weighted by Crippen LogP contribution is 2.04. The summed E-state index contributed by atoms with van der Waals surface area (Å²) in [6.07, 6.45) is 0.768. The minimum absolute atomic E-state index is 0.262. The standard InChI is InChI=1S/C6H4O5/c7-4-1-3(5(8)9)2-11-6(4)10/h1-2,7H,(H,8,9). The molecule has 0 aromatic carbocycles. The molecule has 0 amide bonds. The Bertz CT molecular complexity index is 337.